The zero-order chi connectivity index (χ0) is 14.4. The minimum atomic E-state index is -0.984. The molecule has 2 amide bonds. The van der Waals surface area contributed by atoms with Crippen molar-refractivity contribution in [3.05, 3.63) is 29.8 Å². The molecule has 1 atom stereocenters. The van der Waals surface area contributed by atoms with Crippen LogP contribution in [-0.4, -0.2) is 23.1 Å². The first-order valence-electron chi connectivity index (χ1n) is 6.35. The van der Waals surface area contributed by atoms with E-state index in [4.69, 9.17) is 5.11 Å². The molecule has 0 aliphatic rings. The summed E-state index contributed by atoms with van der Waals surface area (Å²) in [6, 6.07) is 5.90. The molecule has 1 aromatic rings. The van der Waals surface area contributed by atoms with Crippen LogP contribution in [0.3, 0.4) is 0 Å². The molecule has 1 aromatic carbocycles. The van der Waals surface area contributed by atoms with Gasteiger partial charge >= 0.3 is 12.0 Å². The number of aromatic carboxylic acids is 1. The third kappa shape index (κ3) is 4.62. The molecule has 3 N–H and O–H groups in total. The topological polar surface area (TPSA) is 78.4 Å². The molecule has 19 heavy (non-hydrogen) atoms. The van der Waals surface area contributed by atoms with E-state index in [1.165, 1.54) is 12.1 Å². The maximum Gasteiger partial charge on any atom is 0.335 e. The summed E-state index contributed by atoms with van der Waals surface area (Å²) in [5, 5.41) is 14.3. The van der Waals surface area contributed by atoms with Crippen molar-refractivity contribution >= 4 is 17.7 Å². The van der Waals surface area contributed by atoms with Gasteiger partial charge in [-0.25, -0.2) is 9.59 Å². The summed E-state index contributed by atoms with van der Waals surface area (Å²) in [5.41, 5.74) is 0.765. The van der Waals surface area contributed by atoms with Crippen LogP contribution in [0.1, 0.15) is 37.6 Å². The predicted octanol–water partition coefficient (Wildman–Crippen LogP) is 2.94. The average molecular weight is 264 g/mol. The summed E-state index contributed by atoms with van der Waals surface area (Å²) in [6.45, 7) is 6.12. The van der Waals surface area contributed by atoms with Crippen LogP contribution < -0.4 is 10.6 Å². The van der Waals surface area contributed by atoms with E-state index < -0.39 is 5.97 Å². The van der Waals surface area contributed by atoms with E-state index in [0.29, 0.717) is 11.6 Å². The second kappa shape index (κ2) is 6.78. The van der Waals surface area contributed by atoms with E-state index in [9.17, 15) is 9.59 Å². The fourth-order valence-electron chi connectivity index (χ4n) is 1.77. The molecule has 0 fully saturated rings. The normalized spacial score (nSPS) is 12.0. The van der Waals surface area contributed by atoms with Gasteiger partial charge in [-0.1, -0.05) is 20.8 Å². The van der Waals surface area contributed by atoms with Crippen LogP contribution in [-0.2, 0) is 0 Å². The number of carbonyl (C=O) groups is 2. The van der Waals surface area contributed by atoms with Crippen molar-refractivity contribution < 1.29 is 14.7 Å². The summed E-state index contributed by atoms with van der Waals surface area (Å²) in [5.74, 6) is -0.619. The molecule has 0 radical (unpaired) electrons. The lowest BCUT2D eigenvalue weighted by Gasteiger charge is -2.20. The molecule has 104 valence electrons. The van der Waals surface area contributed by atoms with Crippen molar-refractivity contribution in [1.82, 2.24) is 5.32 Å². The minimum Gasteiger partial charge on any atom is -0.478 e. The lowest BCUT2D eigenvalue weighted by Crippen LogP contribution is -2.40. The average Bonchev–Trinajstić information content (AvgIpc) is 2.36. The number of nitrogens with one attached hydrogen (secondary N) is 2. The van der Waals surface area contributed by atoms with E-state index in [1.807, 2.05) is 6.92 Å². The molecular weight excluding hydrogens is 244 g/mol. The first-order valence-corrected chi connectivity index (χ1v) is 6.35. The highest BCUT2D eigenvalue weighted by Gasteiger charge is 2.13. The van der Waals surface area contributed by atoms with E-state index in [1.54, 1.807) is 12.1 Å². The van der Waals surface area contributed by atoms with Crippen molar-refractivity contribution in [2.45, 2.75) is 33.2 Å². The highest BCUT2D eigenvalue weighted by atomic mass is 16.4. The Morgan fingerprint density at radius 1 is 1.21 bits per heavy atom. The third-order valence-corrected chi connectivity index (χ3v) is 2.95. The Labute approximate surface area is 113 Å². The van der Waals surface area contributed by atoms with Crippen LogP contribution in [0.25, 0.3) is 0 Å². The predicted molar refractivity (Wildman–Crippen MR) is 74.5 cm³/mol. The first-order chi connectivity index (χ1) is 8.93. The maximum atomic E-state index is 11.8. The van der Waals surface area contributed by atoms with E-state index >= 15 is 0 Å². The maximum absolute atomic E-state index is 11.8. The summed E-state index contributed by atoms with van der Waals surface area (Å²) in [6.07, 6.45) is 0.864. The molecule has 0 saturated carbocycles. The Kier molecular flexibility index (Phi) is 5.36. The van der Waals surface area contributed by atoms with Gasteiger partial charge in [-0.15, -0.1) is 0 Å². The van der Waals surface area contributed by atoms with Crippen LogP contribution in [0.15, 0.2) is 24.3 Å². The summed E-state index contributed by atoms with van der Waals surface area (Å²) in [7, 11) is 0. The smallest absolute Gasteiger partial charge is 0.335 e. The van der Waals surface area contributed by atoms with Crippen molar-refractivity contribution in [1.29, 1.82) is 0 Å². The van der Waals surface area contributed by atoms with Gasteiger partial charge in [0, 0.05) is 11.7 Å². The highest BCUT2D eigenvalue weighted by Crippen LogP contribution is 2.10. The number of amides is 2. The molecule has 1 rings (SSSR count). The van der Waals surface area contributed by atoms with Gasteiger partial charge in [0.15, 0.2) is 0 Å². The number of hydrogen-bond donors (Lipinski definition) is 3. The zero-order valence-electron chi connectivity index (χ0n) is 11.4. The fraction of sp³-hybridized carbons (Fsp3) is 0.429. The number of hydrogen-bond acceptors (Lipinski definition) is 2. The SMILES string of the molecule is CCC(NC(=O)Nc1ccc(C(=O)O)cc1)C(C)C. The number of carbonyl (C=O) groups excluding carboxylic acids is 1. The van der Waals surface area contributed by atoms with E-state index in [0.717, 1.165) is 6.42 Å². The second-order valence-corrected chi connectivity index (χ2v) is 4.74. The van der Waals surface area contributed by atoms with Crippen molar-refractivity contribution in [2.75, 3.05) is 5.32 Å². The zero-order valence-corrected chi connectivity index (χ0v) is 11.4. The van der Waals surface area contributed by atoms with Crippen LogP contribution in [0.5, 0.6) is 0 Å². The van der Waals surface area contributed by atoms with Crippen molar-refractivity contribution in [2.24, 2.45) is 5.92 Å². The van der Waals surface area contributed by atoms with Crippen molar-refractivity contribution in [3.8, 4) is 0 Å². The number of benzene rings is 1. The molecule has 0 aliphatic carbocycles. The number of anilines is 1. The first kappa shape index (κ1) is 15.0. The quantitative estimate of drug-likeness (QED) is 0.765. The van der Waals surface area contributed by atoms with Gasteiger partial charge in [0.25, 0.3) is 0 Å². The standard InChI is InChI=1S/C14H20N2O3/c1-4-12(9(2)3)16-14(19)15-11-7-5-10(6-8-11)13(17)18/h5-9,12H,4H2,1-3H3,(H,17,18)(H2,15,16,19). The minimum absolute atomic E-state index is 0.123. The number of urea groups is 1. The lowest BCUT2D eigenvalue weighted by molar-refractivity contribution is 0.0697. The van der Waals surface area contributed by atoms with Crippen LogP contribution >= 0.6 is 0 Å². The number of carboxylic acid groups (broad SMARTS) is 1. The Morgan fingerprint density at radius 2 is 1.79 bits per heavy atom. The molecule has 1 unspecified atom stereocenters. The van der Waals surface area contributed by atoms with Gasteiger partial charge in [-0.3, -0.25) is 0 Å². The number of carboxylic acids is 1. The molecule has 0 aliphatic heterocycles. The monoisotopic (exact) mass is 264 g/mol. The molecule has 0 heterocycles. The molecule has 0 saturated heterocycles. The van der Waals surface area contributed by atoms with Gasteiger partial charge in [0.2, 0.25) is 0 Å². The van der Waals surface area contributed by atoms with Crippen LogP contribution in [0.2, 0.25) is 0 Å². The lowest BCUT2D eigenvalue weighted by atomic mass is 10.0. The van der Waals surface area contributed by atoms with Gasteiger partial charge in [0.05, 0.1) is 5.56 Å². The van der Waals surface area contributed by atoms with Gasteiger partial charge < -0.3 is 15.7 Å². The Bertz CT molecular complexity index is 441. The molecule has 5 heteroatoms. The Hall–Kier alpha value is -2.04. The molecule has 0 aromatic heterocycles. The Morgan fingerprint density at radius 3 is 2.21 bits per heavy atom. The second-order valence-electron chi connectivity index (χ2n) is 4.74. The third-order valence-electron chi connectivity index (χ3n) is 2.95. The van der Waals surface area contributed by atoms with Gasteiger partial charge in [-0.05, 0) is 36.6 Å². The number of rotatable bonds is 5. The summed E-state index contributed by atoms with van der Waals surface area (Å²) >= 11 is 0. The van der Waals surface area contributed by atoms with Crippen LogP contribution in [0, 0.1) is 5.92 Å². The van der Waals surface area contributed by atoms with Gasteiger partial charge in [0.1, 0.15) is 0 Å². The largest absolute Gasteiger partial charge is 0.478 e. The molecular formula is C14H20N2O3. The van der Waals surface area contributed by atoms with E-state index in [2.05, 4.69) is 24.5 Å². The molecule has 0 spiro atoms. The van der Waals surface area contributed by atoms with Crippen LogP contribution in [0.4, 0.5) is 10.5 Å². The molecule has 0 bridgehead atoms. The summed E-state index contributed by atoms with van der Waals surface area (Å²) in [4.78, 5) is 22.5. The van der Waals surface area contributed by atoms with Crippen molar-refractivity contribution in [3.63, 3.8) is 0 Å². The van der Waals surface area contributed by atoms with E-state index in [-0.39, 0.29) is 17.6 Å². The summed E-state index contributed by atoms with van der Waals surface area (Å²) < 4.78 is 0. The molecule has 5 nitrogen and oxygen atoms in total. The Balaban J connectivity index is 2.59. The highest BCUT2D eigenvalue weighted by molar-refractivity contribution is 5.91. The fourth-order valence-corrected chi connectivity index (χ4v) is 1.77. The van der Waals surface area contributed by atoms with Gasteiger partial charge in [-0.2, -0.15) is 0 Å².